The second kappa shape index (κ2) is 6.38. The van der Waals surface area contributed by atoms with Gasteiger partial charge in [-0.15, -0.1) is 0 Å². The average Bonchev–Trinajstić information content (AvgIpc) is 3.33. The van der Waals surface area contributed by atoms with Gasteiger partial charge in [0.1, 0.15) is 0 Å². The molecule has 0 bridgehead atoms. The van der Waals surface area contributed by atoms with Crippen LogP contribution in [0, 0.1) is 19.8 Å². The molecule has 2 aliphatic rings. The number of aliphatic carboxylic acids is 1. The van der Waals surface area contributed by atoms with Crippen LogP contribution < -0.4 is 5.32 Å². The maximum absolute atomic E-state index is 13.0. The molecule has 1 amide bonds. The highest BCUT2D eigenvalue weighted by atomic mass is 16.4. The molecular weight excluding hydrogens is 328 g/mol. The third-order valence-corrected chi connectivity index (χ3v) is 5.63. The topological polar surface area (TPSA) is 79.3 Å². The number of nitrogens with one attached hydrogen (secondary N) is 1. The van der Waals surface area contributed by atoms with Crippen molar-refractivity contribution in [2.75, 3.05) is 0 Å². The Morgan fingerprint density at radius 2 is 1.88 bits per heavy atom. The SMILES string of the molecule is Cc1cc(C)c2nc(C3CC3)cc(C(=O)N[C@H]3CC[C@@H](C(=O)O)C3)c2c1. The Morgan fingerprint density at radius 1 is 1.12 bits per heavy atom. The van der Waals surface area contributed by atoms with Crippen molar-refractivity contribution in [2.24, 2.45) is 5.92 Å². The zero-order valence-corrected chi connectivity index (χ0v) is 15.2. The van der Waals surface area contributed by atoms with Gasteiger partial charge in [-0.3, -0.25) is 14.6 Å². The number of rotatable bonds is 4. The molecule has 2 aliphatic carbocycles. The van der Waals surface area contributed by atoms with E-state index in [2.05, 4.69) is 11.4 Å². The molecule has 2 saturated carbocycles. The lowest BCUT2D eigenvalue weighted by atomic mass is 10.00. The van der Waals surface area contributed by atoms with E-state index in [1.54, 1.807) is 0 Å². The van der Waals surface area contributed by atoms with E-state index in [0.29, 0.717) is 24.3 Å². The molecule has 1 aromatic carbocycles. The number of carbonyl (C=O) groups is 2. The monoisotopic (exact) mass is 352 g/mol. The lowest BCUT2D eigenvalue weighted by molar-refractivity contribution is -0.141. The van der Waals surface area contributed by atoms with Crippen LogP contribution in [0.1, 0.15) is 65.2 Å². The van der Waals surface area contributed by atoms with Gasteiger partial charge in [-0.25, -0.2) is 0 Å². The van der Waals surface area contributed by atoms with Crippen molar-refractivity contribution in [3.63, 3.8) is 0 Å². The van der Waals surface area contributed by atoms with Gasteiger partial charge >= 0.3 is 5.97 Å². The number of carboxylic acid groups (broad SMARTS) is 1. The number of pyridine rings is 1. The standard InChI is InChI=1S/C21H24N2O3/c1-11-7-12(2)19-16(8-11)17(10-18(23-19)13-3-4-13)20(24)22-15-6-5-14(9-15)21(25)26/h7-8,10,13-15H,3-6,9H2,1-2H3,(H,22,24)(H,25,26)/t14-,15+/m1/s1. The van der Waals surface area contributed by atoms with Crippen LogP contribution in [-0.2, 0) is 4.79 Å². The first kappa shape index (κ1) is 17.0. The second-order valence-corrected chi connectivity index (χ2v) is 7.87. The van der Waals surface area contributed by atoms with E-state index in [-0.39, 0.29) is 17.9 Å². The summed E-state index contributed by atoms with van der Waals surface area (Å²) in [6, 6.07) is 6.00. The van der Waals surface area contributed by atoms with Gasteiger partial charge < -0.3 is 10.4 Å². The molecule has 5 nitrogen and oxygen atoms in total. The summed E-state index contributed by atoms with van der Waals surface area (Å²) in [5.74, 6) is -0.755. The predicted octanol–water partition coefficient (Wildman–Crippen LogP) is 3.71. The average molecular weight is 352 g/mol. The quantitative estimate of drug-likeness (QED) is 0.879. The van der Waals surface area contributed by atoms with E-state index in [9.17, 15) is 9.59 Å². The predicted molar refractivity (Wildman–Crippen MR) is 99.4 cm³/mol. The molecule has 136 valence electrons. The van der Waals surface area contributed by atoms with E-state index in [4.69, 9.17) is 10.1 Å². The first-order valence-corrected chi connectivity index (χ1v) is 9.38. The third kappa shape index (κ3) is 3.18. The molecule has 2 N–H and O–H groups in total. The number of nitrogens with zero attached hydrogens (tertiary/aromatic N) is 1. The molecule has 1 heterocycles. The summed E-state index contributed by atoms with van der Waals surface area (Å²) in [4.78, 5) is 29.0. The molecule has 26 heavy (non-hydrogen) atoms. The van der Waals surface area contributed by atoms with Crippen molar-refractivity contribution in [3.05, 3.63) is 40.6 Å². The molecule has 0 spiro atoms. The number of carboxylic acids is 1. The first-order chi connectivity index (χ1) is 12.4. The van der Waals surface area contributed by atoms with Crippen molar-refractivity contribution in [1.29, 1.82) is 0 Å². The molecule has 0 unspecified atom stereocenters. The zero-order chi connectivity index (χ0) is 18.4. The summed E-state index contributed by atoms with van der Waals surface area (Å²) >= 11 is 0. The highest BCUT2D eigenvalue weighted by Gasteiger charge is 2.32. The van der Waals surface area contributed by atoms with Gasteiger partial charge in [0.25, 0.3) is 5.91 Å². The summed E-state index contributed by atoms with van der Waals surface area (Å²) in [6.45, 7) is 4.06. The van der Waals surface area contributed by atoms with Gasteiger partial charge in [0.2, 0.25) is 0 Å². The van der Waals surface area contributed by atoms with E-state index < -0.39 is 5.97 Å². The van der Waals surface area contributed by atoms with Gasteiger partial charge in [-0.05, 0) is 63.6 Å². The highest BCUT2D eigenvalue weighted by molar-refractivity contribution is 6.07. The minimum atomic E-state index is -0.765. The molecule has 0 aliphatic heterocycles. The molecule has 5 heteroatoms. The van der Waals surface area contributed by atoms with E-state index in [1.165, 1.54) is 0 Å². The number of aryl methyl sites for hydroxylation is 2. The number of carbonyl (C=O) groups excluding carboxylic acids is 1. The minimum absolute atomic E-state index is 0.0675. The van der Waals surface area contributed by atoms with Gasteiger partial charge in [-0.1, -0.05) is 11.6 Å². The maximum Gasteiger partial charge on any atom is 0.306 e. The Balaban J connectivity index is 1.68. The van der Waals surface area contributed by atoms with Crippen molar-refractivity contribution in [2.45, 2.75) is 57.9 Å². The normalized spacial score (nSPS) is 22.5. The van der Waals surface area contributed by atoms with Crippen LogP contribution in [0.2, 0.25) is 0 Å². The lowest BCUT2D eigenvalue weighted by Gasteiger charge is -2.16. The Labute approximate surface area is 152 Å². The van der Waals surface area contributed by atoms with Crippen molar-refractivity contribution < 1.29 is 14.7 Å². The molecule has 0 radical (unpaired) electrons. The van der Waals surface area contributed by atoms with Crippen LogP contribution in [0.4, 0.5) is 0 Å². The summed E-state index contributed by atoms with van der Waals surface area (Å²) in [7, 11) is 0. The lowest BCUT2D eigenvalue weighted by Crippen LogP contribution is -2.33. The van der Waals surface area contributed by atoms with E-state index >= 15 is 0 Å². The Bertz CT molecular complexity index is 902. The number of benzene rings is 1. The van der Waals surface area contributed by atoms with Crippen LogP contribution in [0.25, 0.3) is 10.9 Å². The summed E-state index contributed by atoms with van der Waals surface area (Å²) < 4.78 is 0. The van der Waals surface area contributed by atoms with Crippen LogP contribution >= 0.6 is 0 Å². The zero-order valence-electron chi connectivity index (χ0n) is 15.2. The van der Waals surface area contributed by atoms with Crippen LogP contribution in [0.5, 0.6) is 0 Å². The number of hydrogen-bond acceptors (Lipinski definition) is 3. The Hall–Kier alpha value is -2.43. The molecule has 4 rings (SSSR count). The fourth-order valence-electron chi connectivity index (χ4n) is 4.08. The smallest absolute Gasteiger partial charge is 0.306 e. The first-order valence-electron chi connectivity index (χ1n) is 9.38. The summed E-state index contributed by atoms with van der Waals surface area (Å²) in [5.41, 5.74) is 4.77. The number of hydrogen-bond donors (Lipinski definition) is 2. The fraction of sp³-hybridized carbons (Fsp3) is 0.476. The number of aromatic nitrogens is 1. The largest absolute Gasteiger partial charge is 0.481 e. The van der Waals surface area contributed by atoms with Crippen molar-refractivity contribution >= 4 is 22.8 Å². The minimum Gasteiger partial charge on any atom is -0.481 e. The number of fused-ring (bicyclic) bond motifs is 1. The molecule has 2 fully saturated rings. The van der Waals surface area contributed by atoms with E-state index in [0.717, 1.165) is 47.0 Å². The molecule has 2 atom stereocenters. The molecule has 2 aromatic rings. The van der Waals surface area contributed by atoms with Crippen molar-refractivity contribution in [1.82, 2.24) is 10.3 Å². The van der Waals surface area contributed by atoms with Gasteiger partial charge in [-0.2, -0.15) is 0 Å². The Morgan fingerprint density at radius 3 is 2.54 bits per heavy atom. The highest BCUT2D eigenvalue weighted by Crippen LogP contribution is 2.40. The third-order valence-electron chi connectivity index (χ3n) is 5.63. The maximum atomic E-state index is 13.0. The van der Waals surface area contributed by atoms with Gasteiger partial charge in [0.15, 0.2) is 0 Å². The number of amides is 1. The van der Waals surface area contributed by atoms with E-state index in [1.807, 2.05) is 26.0 Å². The fourth-order valence-corrected chi connectivity index (χ4v) is 4.08. The van der Waals surface area contributed by atoms with Gasteiger partial charge in [0, 0.05) is 23.0 Å². The van der Waals surface area contributed by atoms with Crippen molar-refractivity contribution in [3.8, 4) is 0 Å². The molecule has 1 aromatic heterocycles. The van der Waals surface area contributed by atoms with Crippen LogP contribution in [0.15, 0.2) is 18.2 Å². The van der Waals surface area contributed by atoms with Crippen LogP contribution in [-0.4, -0.2) is 28.0 Å². The summed E-state index contributed by atoms with van der Waals surface area (Å²) in [5, 5.41) is 13.1. The van der Waals surface area contributed by atoms with Gasteiger partial charge in [0.05, 0.1) is 17.0 Å². The molecule has 0 saturated heterocycles. The Kier molecular flexibility index (Phi) is 4.17. The molecular formula is C21H24N2O3. The summed E-state index contributed by atoms with van der Waals surface area (Å²) in [6.07, 6.45) is 4.13. The van der Waals surface area contributed by atoms with Crippen LogP contribution in [0.3, 0.4) is 0 Å². The second-order valence-electron chi connectivity index (χ2n) is 7.87.